The number of hydrogen-bond donors (Lipinski definition) is 0. The Morgan fingerprint density at radius 3 is 2.74 bits per heavy atom. The Balaban J connectivity index is 1.60. The highest BCUT2D eigenvalue weighted by molar-refractivity contribution is 5.77. The van der Waals surface area contributed by atoms with E-state index in [-0.39, 0.29) is 25.1 Å². The van der Waals surface area contributed by atoms with Crippen molar-refractivity contribution < 1.29 is 28.3 Å². The molecule has 2 aromatic rings. The predicted molar refractivity (Wildman–Crippen MR) is 92.2 cm³/mol. The van der Waals surface area contributed by atoms with E-state index in [1.54, 1.807) is 11.0 Å². The lowest BCUT2D eigenvalue weighted by molar-refractivity contribution is -0.387. The van der Waals surface area contributed by atoms with Gasteiger partial charge in [-0.25, -0.2) is 0 Å². The van der Waals surface area contributed by atoms with Crippen molar-refractivity contribution >= 4 is 11.6 Å². The molecule has 0 aliphatic carbocycles. The van der Waals surface area contributed by atoms with Gasteiger partial charge in [0.1, 0.15) is 5.75 Å². The summed E-state index contributed by atoms with van der Waals surface area (Å²) in [5, 5.41) is 10.6. The summed E-state index contributed by atoms with van der Waals surface area (Å²) < 4.78 is 29.5. The fourth-order valence-corrected chi connectivity index (χ4v) is 2.60. The van der Waals surface area contributed by atoms with Crippen LogP contribution in [0.4, 0.5) is 10.1 Å². The van der Waals surface area contributed by atoms with Crippen molar-refractivity contribution in [1.82, 2.24) is 4.90 Å². The van der Waals surface area contributed by atoms with Gasteiger partial charge in [-0.15, -0.1) is 0 Å². The quantitative estimate of drug-likeness (QED) is 0.545. The molecule has 0 fully saturated rings. The molecule has 0 atom stereocenters. The summed E-state index contributed by atoms with van der Waals surface area (Å²) in [4.78, 5) is 23.8. The fourth-order valence-electron chi connectivity index (χ4n) is 2.60. The zero-order chi connectivity index (χ0) is 19.4. The van der Waals surface area contributed by atoms with Gasteiger partial charge in [0.05, 0.1) is 4.92 Å². The van der Waals surface area contributed by atoms with Gasteiger partial charge in [-0.3, -0.25) is 14.9 Å². The first-order chi connectivity index (χ1) is 13.0. The van der Waals surface area contributed by atoms with E-state index in [9.17, 15) is 19.3 Å². The summed E-state index contributed by atoms with van der Waals surface area (Å²) >= 11 is 0. The summed E-state index contributed by atoms with van der Waals surface area (Å²) in [5.74, 6) is 0.0300. The molecule has 3 rings (SSSR count). The first kappa shape index (κ1) is 18.4. The van der Waals surface area contributed by atoms with Gasteiger partial charge in [-0.2, -0.15) is 4.39 Å². The Bertz CT molecular complexity index is 873. The van der Waals surface area contributed by atoms with E-state index < -0.39 is 16.4 Å². The zero-order valence-electron chi connectivity index (χ0n) is 14.5. The Morgan fingerprint density at radius 1 is 1.26 bits per heavy atom. The molecular formula is C18H17FN2O6. The van der Waals surface area contributed by atoms with E-state index in [1.165, 1.54) is 6.07 Å². The predicted octanol–water partition coefficient (Wildman–Crippen LogP) is 2.89. The molecule has 0 aromatic heterocycles. The number of carbonyl (C=O) groups is 1. The number of benzene rings is 2. The third-order valence-corrected chi connectivity index (χ3v) is 4.02. The van der Waals surface area contributed by atoms with Crippen LogP contribution in [0.2, 0.25) is 0 Å². The number of hydrogen-bond acceptors (Lipinski definition) is 6. The van der Waals surface area contributed by atoms with Crippen molar-refractivity contribution in [2.75, 3.05) is 19.9 Å². The van der Waals surface area contributed by atoms with Crippen molar-refractivity contribution in [1.29, 1.82) is 0 Å². The summed E-state index contributed by atoms with van der Waals surface area (Å²) in [5.41, 5.74) is 0.225. The highest BCUT2D eigenvalue weighted by Gasteiger charge is 2.18. The number of ether oxygens (including phenoxy) is 3. The number of carbonyl (C=O) groups excluding carboxylic acids is 1. The average molecular weight is 376 g/mol. The van der Waals surface area contributed by atoms with Crippen LogP contribution in [0.5, 0.6) is 17.2 Å². The number of amides is 1. The number of likely N-dealkylation sites (N-methyl/N-ethyl adjacent to an activating group) is 1. The second-order valence-electron chi connectivity index (χ2n) is 5.75. The lowest BCUT2D eigenvalue weighted by Crippen LogP contribution is -2.34. The van der Waals surface area contributed by atoms with Gasteiger partial charge >= 0.3 is 5.69 Å². The number of nitrogens with zero attached hydrogens (tertiary/aromatic N) is 2. The van der Waals surface area contributed by atoms with Gasteiger partial charge in [-0.1, -0.05) is 6.07 Å². The van der Waals surface area contributed by atoms with Gasteiger partial charge < -0.3 is 19.1 Å². The molecule has 0 saturated heterocycles. The lowest BCUT2D eigenvalue weighted by atomic mass is 10.2. The Labute approximate surface area is 154 Å². The Kier molecular flexibility index (Phi) is 5.39. The molecule has 1 aliphatic heterocycles. The van der Waals surface area contributed by atoms with Crippen LogP contribution in [-0.4, -0.2) is 35.7 Å². The average Bonchev–Trinajstić information content (AvgIpc) is 3.11. The standard InChI is InChI=1S/C18H17FN2O6/c1-2-20(9-12-3-6-16-17(7-12)27-11-26-16)18(22)10-25-13-4-5-15(21(23)24)14(19)8-13/h3-8H,2,9-11H2,1H3. The third-order valence-electron chi connectivity index (χ3n) is 4.02. The Hall–Kier alpha value is -3.36. The van der Waals surface area contributed by atoms with Gasteiger partial charge in [-0.05, 0) is 30.7 Å². The first-order valence-electron chi connectivity index (χ1n) is 8.21. The molecule has 0 radical (unpaired) electrons. The normalized spacial score (nSPS) is 11.9. The minimum atomic E-state index is -1.02. The van der Waals surface area contributed by atoms with Crippen molar-refractivity contribution in [3.63, 3.8) is 0 Å². The highest BCUT2D eigenvalue weighted by atomic mass is 19.1. The zero-order valence-corrected chi connectivity index (χ0v) is 14.5. The smallest absolute Gasteiger partial charge is 0.305 e. The molecule has 1 aliphatic rings. The maximum Gasteiger partial charge on any atom is 0.305 e. The molecule has 8 nitrogen and oxygen atoms in total. The van der Waals surface area contributed by atoms with Gasteiger partial charge in [0.2, 0.25) is 12.6 Å². The second kappa shape index (κ2) is 7.90. The van der Waals surface area contributed by atoms with Crippen LogP contribution in [0.15, 0.2) is 36.4 Å². The number of halogens is 1. The van der Waals surface area contributed by atoms with Crippen molar-refractivity contribution in [2.45, 2.75) is 13.5 Å². The van der Waals surface area contributed by atoms with Crippen LogP contribution in [0.3, 0.4) is 0 Å². The van der Waals surface area contributed by atoms with E-state index in [1.807, 2.05) is 19.1 Å². The number of nitro benzene ring substituents is 1. The lowest BCUT2D eigenvalue weighted by Gasteiger charge is -2.21. The minimum absolute atomic E-state index is 0.0468. The van der Waals surface area contributed by atoms with Crippen molar-refractivity contribution in [3.05, 3.63) is 57.9 Å². The summed E-state index contributed by atoms with van der Waals surface area (Å²) in [7, 11) is 0. The van der Waals surface area contributed by atoms with Crippen molar-refractivity contribution in [2.24, 2.45) is 0 Å². The molecule has 27 heavy (non-hydrogen) atoms. The molecule has 9 heteroatoms. The summed E-state index contributed by atoms with van der Waals surface area (Å²) in [6, 6.07) is 8.58. The fraction of sp³-hybridized carbons (Fsp3) is 0.278. The number of fused-ring (bicyclic) bond motifs is 1. The molecular weight excluding hydrogens is 359 g/mol. The molecule has 0 bridgehead atoms. The highest BCUT2D eigenvalue weighted by Crippen LogP contribution is 2.32. The number of nitro groups is 1. The summed E-state index contributed by atoms with van der Waals surface area (Å²) in [6.07, 6.45) is 0. The van der Waals surface area contributed by atoms with Crippen LogP contribution < -0.4 is 14.2 Å². The van der Waals surface area contributed by atoms with E-state index in [4.69, 9.17) is 14.2 Å². The maximum atomic E-state index is 13.6. The third kappa shape index (κ3) is 4.25. The SMILES string of the molecule is CCN(Cc1ccc2c(c1)OCO2)C(=O)COc1ccc([N+](=O)[O-])c(F)c1. The van der Waals surface area contributed by atoms with Gasteiger partial charge in [0, 0.05) is 25.2 Å². The molecule has 142 valence electrons. The van der Waals surface area contributed by atoms with Crippen LogP contribution in [-0.2, 0) is 11.3 Å². The molecule has 0 spiro atoms. The van der Waals surface area contributed by atoms with Gasteiger partial charge in [0.15, 0.2) is 18.1 Å². The molecule has 0 N–H and O–H groups in total. The van der Waals surface area contributed by atoms with Crippen LogP contribution >= 0.6 is 0 Å². The monoisotopic (exact) mass is 376 g/mol. The molecule has 1 amide bonds. The minimum Gasteiger partial charge on any atom is -0.484 e. The maximum absolute atomic E-state index is 13.6. The summed E-state index contributed by atoms with van der Waals surface area (Å²) in [6.45, 7) is 2.50. The van der Waals surface area contributed by atoms with Gasteiger partial charge in [0.25, 0.3) is 5.91 Å². The van der Waals surface area contributed by atoms with Crippen LogP contribution in [0.25, 0.3) is 0 Å². The van der Waals surface area contributed by atoms with E-state index in [0.717, 1.165) is 17.7 Å². The van der Waals surface area contributed by atoms with E-state index >= 15 is 0 Å². The Morgan fingerprint density at radius 2 is 2.04 bits per heavy atom. The molecule has 2 aromatic carbocycles. The second-order valence-corrected chi connectivity index (χ2v) is 5.75. The van der Waals surface area contributed by atoms with E-state index in [2.05, 4.69) is 0 Å². The molecule has 0 saturated carbocycles. The van der Waals surface area contributed by atoms with Crippen LogP contribution in [0, 0.1) is 15.9 Å². The van der Waals surface area contributed by atoms with Crippen molar-refractivity contribution in [3.8, 4) is 17.2 Å². The molecule has 1 heterocycles. The topological polar surface area (TPSA) is 91.1 Å². The van der Waals surface area contributed by atoms with Crippen LogP contribution in [0.1, 0.15) is 12.5 Å². The van der Waals surface area contributed by atoms with E-state index in [0.29, 0.717) is 24.6 Å². The molecule has 0 unspecified atom stereocenters. The largest absolute Gasteiger partial charge is 0.484 e. The first-order valence-corrected chi connectivity index (χ1v) is 8.21. The number of rotatable bonds is 7.